The zero-order valence-electron chi connectivity index (χ0n) is 44.5. The number of ether oxygens (including phenoxy) is 3. The lowest BCUT2D eigenvalue weighted by Crippen LogP contribution is -2.57. The number of methoxy groups -OCH3 is 1. The van der Waals surface area contributed by atoms with E-state index in [-0.39, 0.29) is 63.8 Å². The van der Waals surface area contributed by atoms with Crippen LogP contribution in [-0.4, -0.2) is 121 Å². The summed E-state index contributed by atoms with van der Waals surface area (Å²) in [4.78, 5) is 19.4. The second-order valence-electron chi connectivity index (χ2n) is 24.4. The standard InChI is InChI=1S/C48H95NO10Si4/c1-34(30-54-31-35-25-27-36(52-15)28-26-35)42-44(57-42)43(59-63(23,24)48(11,12)13)38(33-56-61(19,20)46(5,6)7)41(51)37(32-55-60(17,18)45(2,3)4)39(29-40(50)49(14)53-16)58-62(21,22)47(8,9)10/h25-28,34,37-39,41-44,51H,29-33H2,1-24H3/t34-,37-,38-,39+,41+,42+,43-,44-/m0/s1. The molecule has 1 N–H and O–H groups in total. The van der Waals surface area contributed by atoms with Crippen molar-refractivity contribution in [2.75, 3.05) is 41.1 Å². The van der Waals surface area contributed by atoms with Crippen molar-refractivity contribution in [1.29, 1.82) is 0 Å². The van der Waals surface area contributed by atoms with Gasteiger partial charge in [0, 0.05) is 38.0 Å². The minimum atomic E-state index is -2.54. The van der Waals surface area contributed by atoms with E-state index < -0.39 is 63.4 Å². The van der Waals surface area contributed by atoms with Crippen molar-refractivity contribution >= 4 is 39.2 Å². The largest absolute Gasteiger partial charge is 0.497 e. The molecule has 1 fully saturated rings. The van der Waals surface area contributed by atoms with Crippen molar-refractivity contribution in [3.63, 3.8) is 0 Å². The van der Waals surface area contributed by atoms with Crippen molar-refractivity contribution in [2.45, 2.75) is 206 Å². The maximum absolute atomic E-state index is 14.0. The zero-order chi connectivity index (χ0) is 48.9. The fraction of sp³-hybridized carbons (Fsp3) is 0.854. The summed E-state index contributed by atoms with van der Waals surface area (Å²) in [6.45, 7) is 48.1. The minimum Gasteiger partial charge on any atom is -0.497 e. The van der Waals surface area contributed by atoms with E-state index in [4.69, 9.17) is 36.8 Å². The van der Waals surface area contributed by atoms with Gasteiger partial charge in [0.2, 0.25) is 5.91 Å². The van der Waals surface area contributed by atoms with Crippen LogP contribution in [0.5, 0.6) is 5.75 Å². The molecule has 1 saturated heterocycles. The van der Waals surface area contributed by atoms with Gasteiger partial charge in [-0.05, 0) is 90.2 Å². The fourth-order valence-electron chi connectivity index (χ4n) is 6.36. The van der Waals surface area contributed by atoms with Crippen molar-refractivity contribution in [3.05, 3.63) is 29.8 Å². The van der Waals surface area contributed by atoms with Crippen LogP contribution >= 0.6 is 0 Å². The zero-order valence-corrected chi connectivity index (χ0v) is 48.5. The predicted octanol–water partition coefficient (Wildman–Crippen LogP) is 11.4. The van der Waals surface area contributed by atoms with Gasteiger partial charge in [-0.25, -0.2) is 5.06 Å². The highest BCUT2D eigenvalue weighted by Crippen LogP contribution is 2.47. The Labute approximate surface area is 389 Å². The molecule has 1 aromatic rings. The lowest BCUT2D eigenvalue weighted by Gasteiger charge is -2.47. The molecule has 1 amide bonds. The fourth-order valence-corrected chi connectivity index (χ4v) is 11.2. The molecule has 0 saturated carbocycles. The second kappa shape index (κ2) is 22.0. The van der Waals surface area contributed by atoms with E-state index in [9.17, 15) is 9.90 Å². The third-order valence-corrected chi connectivity index (χ3v) is 33.4. The number of aliphatic hydroxyl groups is 1. The molecule has 1 heterocycles. The molecule has 11 nitrogen and oxygen atoms in total. The Balaban J connectivity index is 2.85. The molecule has 0 bridgehead atoms. The van der Waals surface area contributed by atoms with Crippen molar-refractivity contribution in [2.24, 2.45) is 17.8 Å². The molecule has 15 heteroatoms. The first-order valence-electron chi connectivity index (χ1n) is 23.3. The number of epoxide rings is 1. The molecule has 63 heavy (non-hydrogen) atoms. The lowest BCUT2D eigenvalue weighted by molar-refractivity contribution is -0.172. The van der Waals surface area contributed by atoms with Gasteiger partial charge in [0.1, 0.15) is 11.9 Å². The first kappa shape index (κ1) is 58.2. The van der Waals surface area contributed by atoms with Crippen molar-refractivity contribution < 1.29 is 46.7 Å². The van der Waals surface area contributed by atoms with E-state index >= 15 is 0 Å². The van der Waals surface area contributed by atoms with Crippen LogP contribution in [0.3, 0.4) is 0 Å². The third kappa shape index (κ3) is 16.1. The van der Waals surface area contributed by atoms with Gasteiger partial charge in [-0.2, -0.15) is 0 Å². The topological polar surface area (TPSA) is 118 Å². The monoisotopic (exact) mass is 958 g/mol. The van der Waals surface area contributed by atoms with Crippen LogP contribution in [0.25, 0.3) is 0 Å². The first-order valence-corrected chi connectivity index (χ1v) is 35.0. The molecular formula is C48H95NO10Si4. The Morgan fingerprint density at radius 1 is 0.683 bits per heavy atom. The van der Waals surface area contributed by atoms with Gasteiger partial charge in [-0.15, -0.1) is 0 Å². The van der Waals surface area contributed by atoms with Gasteiger partial charge in [0.15, 0.2) is 33.3 Å². The summed E-state index contributed by atoms with van der Waals surface area (Å²) in [5, 5.41) is 14.3. The van der Waals surface area contributed by atoms with E-state index in [0.29, 0.717) is 13.2 Å². The van der Waals surface area contributed by atoms with E-state index in [1.807, 2.05) is 24.3 Å². The Kier molecular flexibility index (Phi) is 20.3. The molecule has 1 aromatic carbocycles. The van der Waals surface area contributed by atoms with Gasteiger partial charge < -0.3 is 37.0 Å². The SMILES string of the molecule is COc1ccc(COC[C@H](C)[C@H]2O[C@@H]2[C@@H](O[Si](C)(C)C(C)(C)C)[C@@H](CO[Si](C)(C)C(C)(C)C)[C@H](O)[C@@H](CO[Si](C)(C)C(C)(C)C)[C@@H](CC(=O)N(C)OC)O[Si](C)(C)C(C)(C)C)cc1. The molecule has 1 aliphatic heterocycles. The quantitative estimate of drug-likeness (QED) is 0.0610. The first-order chi connectivity index (χ1) is 28.3. The molecule has 368 valence electrons. The van der Waals surface area contributed by atoms with E-state index in [1.165, 1.54) is 12.2 Å². The van der Waals surface area contributed by atoms with Gasteiger partial charge in [-0.3, -0.25) is 9.63 Å². The minimum absolute atomic E-state index is 0.00807. The average Bonchev–Trinajstić information content (AvgIpc) is 3.93. The molecule has 0 spiro atoms. The molecule has 1 aliphatic rings. The predicted molar refractivity (Wildman–Crippen MR) is 268 cm³/mol. The summed E-state index contributed by atoms with van der Waals surface area (Å²) >= 11 is 0. The molecule has 0 aliphatic carbocycles. The summed E-state index contributed by atoms with van der Waals surface area (Å²) in [5.74, 6) is -0.549. The van der Waals surface area contributed by atoms with Crippen LogP contribution < -0.4 is 4.74 Å². The number of nitrogens with zero attached hydrogens (tertiary/aromatic N) is 1. The van der Waals surface area contributed by atoms with E-state index in [1.54, 1.807) is 14.2 Å². The van der Waals surface area contributed by atoms with Crippen molar-refractivity contribution in [3.8, 4) is 5.75 Å². The average molecular weight is 959 g/mol. The second-order valence-corrected chi connectivity index (χ2v) is 43.5. The summed E-state index contributed by atoms with van der Waals surface area (Å²) in [6.07, 6.45) is -2.74. The number of hydroxylamine groups is 2. The lowest BCUT2D eigenvalue weighted by atomic mass is 9.82. The smallest absolute Gasteiger partial charge is 0.248 e. The van der Waals surface area contributed by atoms with Crippen LogP contribution in [0.2, 0.25) is 72.5 Å². The summed E-state index contributed by atoms with van der Waals surface area (Å²) in [6, 6.07) is 7.93. The molecule has 2 rings (SSSR count). The Morgan fingerprint density at radius 2 is 1.13 bits per heavy atom. The van der Waals surface area contributed by atoms with Crippen LogP contribution in [-0.2, 0) is 43.4 Å². The Bertz CT molecular complexity index is 1560. The van der Waals surface area contributed by atoms with Crippen LogP contribution in [0, 0.1) is 17.8 Å². The van der Waals surface area contributed by atoms with E-state index in [2.05, 4.69) is 142 Å². The van der Waals surface area contributed by atoms with Crippen LogP contribution in [0.4, 0.5) is 0 Å². The number of rotatable bonds is 24. The summed E-state index contributed by atoms with van der Waals surface area (Å²) < 4.78 is 47.4. The van der Waals surface area contributed by atoms with Gasteiger partial charge in [0.25, 0.3) is 0 Å². The highest BCUT2D eigenvalue weighted by molar-refractivity contribution is 6.75. The highest BCUT2D eigenvalue weighted by Gasteiger charge is 2.57. The Morgan fingerprint density at radius 3 is 1.56 bits per heavy atom. The number of hydrogen-bond acceptors (Lipinski definition) is 10. The molecule has 0 radical (unpaired) electrons. The maximum Gasteiger partial charge on any atom is 0.248 e. The summed E-state index contributed by atoms with van der Waals surface area (Å²) in [7, 11) is -4.99. The Hall–Kier alpha value is -0.962. The highest BCUT2D eigenvalue weighted by atomic mass is 28.4. The number of amides is 1. The maximum atomic E-state index is 14.0. The van der Waals surface area contributed by atoms with Gasteiger partial charge in [0.05, 0.1) is 58.3 Å². The third-order valence-electron chi connectivity index (χ3n) is 15.4. The molecular weight excluding hydrogens is 863 g/mol. The number of carbonyl (C=O) groups is 1. The van der Waals surface area contributed by atoms with E-state index in [0.717, 1.165) is 11.3 Å². The number of hydrogen-bond donors (Lipinski definition) is 1. The normalized spacial score (nSPS) is 20.1. The molecule has 8 atom stereocenters. The molecule has 0 unspecified atom stereocenters. The molecule has 0 aromatic heterocycles. The van der Waals surface area contributed by atoms with Crippen molar-refractivity contribution in [1.82, 2.24) is 5.06 Å². The number of benzene rings is 1. The van der Waals surface area contributed by atoms with Gasteiger partial charge in [-0.1, -0.05) is 102 Å². The number of aliphatic hydroxyl groups excluding tert-OH is 1. The van der Waals surface area contributed by atoms with Gasteiger partial charge >= 0.3 is 0 Å². The summed E-state index contributed by atoms with van der Waals surface area (Å²) in [5.41, 5.74) is 1.07. The van der Waals surface area contributed by atoms with Crippen LogP contribution in [0.1, 0.15) is 102 Å². The number of carbonyl (C=O) groups excluding carboxylic acids is 1. The van der Waals surface area contributed by atoms with Crippen LogP contribution in [0.15, 0.2) is 24.3 Å².